The highest BCUT2D eigenvalue weighted by Crippen LogP contribution is 2.48. The van der Waals surface area contributed by atoms with Crippen LogP contribution >= 0.6 is 0 Å². The van der Waals surface area contributed by atoms with E-state index >= 15 is 0 Å². The summed E-state index contributed by atoms with van der Waals surface area (Å²) in [5.41, 5.74) is 1.12. The van der Waals surface area contributed by atoms with Crippen molar-refractivity contribution in [3.05, 3.63) is 29.3 Å². The standard InChI is InChI=1S/C12H16O2/c1-8(2)9-3-4-11(13)10(7-9)12(14)5-6-12/h3-4,7-8,13-14H,5-6H2,1-2H3. The van der Waals surface area contributed by atoms with Crippen molar-refractivity contribution < 1.29 is 10.2 Å². The van der Waals surface area contributed by atoms with E-state index in [0.717, 1.165) is 18.4 Å². The Morgan fingerprint density at radius 1 is 1.29 bits per heavy atom. The molecule has 1 fully saturated rings. The topological polar surface area (TPSA) is 40.5 Å². The van der Waals surface area contributed by atoms with Crippen molar-refractivity contribution in [2.75, 3.05) is 0 Å². The van der Waals surface area contributed by atoms with Crippen molar-refractivity contribution in [2.45, 2.75) is 38.2 Å². The summed E-state index contributed by atoms with van der Waals surface area (Å²) in [5, 5.41) is 19.6. The summed E-state index contributed by atoms with van der Waals surface area (Å²) >= 11 is 0. The lowest BCUT2D eigenvalue weighted by atomic mass is 9.97. The monoisotopic (exact) mass is 192 g/mol. The van der Waals surface area contributed by atoms with E-state index in [1.54, 1.807) is 6.07 Å². The van der Waals surface area contributed by atoms with Gasteiger partial charge < -0.3 is 10.2 Å². The van der Waals surface area contributed by atoms with Crippen molar-refractivity contribution in [1.82, 2.24) is 0 Å². The number of rotatable bonds is 2. The van der Waals surface area contributed by atoms with Gasteiger partial charge in [0.25, 0.3) is 0 Å². The highest BCUT2D eigenvalue weighted by molar-refractivity contribution is 5.43. The number of phenolic OH excluding ortho intramolecular Hbond substituents is 1. The molecule has 2 heteroatoms. The molecule has 0 spiro atoms. The number of hydrogen-bond donors (Lipinski definition) is 2. The molecule has 0 radical (unpaired) electrons. The van der Waals surface area contributed by atoms with E-state index in [2.05, 4.69) is 13.8 Å². The first-order valence-electron chi connectivity index (χ1n) is 5.09. The molecule has 2 rings (SSSR count). The zero-order valence-corrected chi connectivity index (χ0v) is 8.62. The average molecular weight is 192 g/mol. The second-order valence-corrected chi connectivity index (χ2v) is 4.46. The second kappa shape index (κ2) is 2.99. The normalized spacial score (nSPS) is 18.6. The van der Waals surface area contributed by atoms with Crippen molar-refractivity contribution in [2.24, 2.45) is 0 Å². The van der Waals surface area contributed by atoms with Gasteiger partial charge in [-0.25, -0.2) is 0 Å². The Balaban J connectivity index is 2.43. The van der Waals surface area contributed by atoms with Crippen LogP contribution in [0.3, 0.4) is 0 Å². The molecule has 1 aromatic carbocycles. The zero-order chi connectivity index (χ0) is 10.3. The Morgan fingerprint density at radius 2 is 1.93 bits per heavy atom. The van der Waals surface area contributed by atoms with Crippen LogP contribution in [0.25, 0.3) is 0 Å². The number of aliphatic hydroxyl groups is 1. The maximum Gasteiger partial charge on any atom is 0.121 e. The van der Waals surface area contributed by atoms with E-state index in [-0.39, 0.29) is 5.75 Å². The van der Waals surface area contributed by atoms with Crippen LogP contribution in [0.1, 0.15) is 43.7 Å². The Hall–Kier alpha value is -1.02. The summed E-state index contributed by atoms with van der Waals surface area (Å²) in [6.07, 6.45) is 1.53. The van der Waals surface area contributed by atoms with Gasteiger partial charge in [-0.1, -0.05) is 19.9 Å². The van der Waals surface area contributed by atoms with Crippen molar-refractivity contribution in [3.8, 4) is 5.75 Å². The highest BCUT2D eigenvalue weighted by atomic mass is 16.3. The Kier molecular flexibility index (Phi) is 2.04. The lowest BCUT2D eigenvalue weighted by Crippen LogP contribution is -2.05. The Bertz CT molecular complexity index is 351. The van der Waals surface area contributed by atoms with Gasteiger partial charge in [0.15, 0.2) is 0 Å². The van der Waals surface area contributed by atoms with E-state index in [9.17, 15) is 10.2 Å². The first kappa shape index (κ1) is 9.53. The molecule has 76 valence electrons. The molecule has 0 aromatic heterocycles. The van der Waals surface area contributed by atoms with E-state index in [4.69, 9.17) is 0 Å². The third kappa shape index (κ3) is 1.50. The minimum absolute atomic E-state index is 0.217. The van der Waals surface area contributed by atoms with Gasteiger partial charge >= 0.3 is 0 Å². The van der Waals surface area contributed by atoms with Crippen LogP contribution < -0.4 is 0 Å². The summed E-state index contributed by atoms with van der Waals surface area (Å²) in [4.78, 5) is 0. The third-order valence-electron chi connectivity index (χ3n) is 2.91. The fourth-order valence-corrected chi connectivity index (χ4v) is 1.67. The van der Waals surface area contributed by atoms with E-state index in [0.29, 0.717) is 11.5 Å². The molecule has 0 bridgehead atoms. The number of benzene rings is 1. The zero-order valence-electron chi connectivity index (χ0n) is 8.62. The van der Waals surface area contributed by atoms with Crippen LogP contribution in [-0.4, -0.2) is 10.2 Å². The van der Waals surface area contributed by atoms with Gasteiger partial charge in [0, 0.05) is 5.56 Å². The average Bonchev–Trinajstić information content (AvgIpc) is 2.85. The van der Waals surface area contributed by atoms with Gasteiger partial charge in [0.05, 0.1) is 5.60 Å². The minimum atomic E-state index is -0.741. The number of aromatic hydroxyl groups is 1. The van der Waals surface area contributed by atoms with Crippen molar-refractivity contribution in [3.63, 3.8) is 0 Å². The summed E-state index contributed by atoms with van der Waals surface area (Å²) in [5.74, 6) is 0.645. The van der Waals surface area contributed by atoms with E-state index < -0.39 is 5.60 Å². The molecule has 1 aromatic rings. The van der Waals surface area contributed by atoms with Crippen LogP contribution in [0, 0.1) is 0 Å². The van der Waals surface area contributed by atoms with Gasteiger partial charge in [0.1, 0.15) is 5.75 Å². The second-order valence-electron chi connectivity index (χ2n) is 4.46. The summed E-state index contributed by atoms with van der Waals surface area (Å²) in [6, 6.07) is 5.52. The van der Waals surface area contributed by atoms with E-state index in [1.165, 1.54) is 0 Å². The summed E-state index contributed by atoms with van der Waals surface area (Å²) in [7, 11) is 0. The van der Waals surface area contributed by atoms with Crippen LogP contribution in [0.4, 0.5) is 0 Å². The first-order valence-corrected chi connectivity index (χ1v) is 5.09. The molecule has 0 heterocycles. The molecule has 0 unspecified atom stereocenters. The largest absolute Gasteiger partial charge is 0.508 e. The number of hydrogen-bond acceptors (Lipinski definition) is 2. The van der Waals surface area contributed by atoms with Gasteiger partial charge in [-0.05, 0) is 36.5 Å². The minimum Gasteiger partial charge on any atom is -0.508 e. The lowest BCUT2D eigenvalue weighted by Gasteiger charge is -2.13. The molecular formula is C12H16O2. The van der Waals surface area contributed by atoms with Crippen LogP contribution in [0.2, 0.25) is 0 Å². The van der Waals surface area contributed by atoms with Crippen LogP contribution in [-0.2, 0) is 5.60 Å². The fraction of sp³-hybridized carbons (Fsp3) is 0.500. The predicted octanol–water partition coefficient (Wildman–Crippen LogP) is 2.50. The molecule has 0 aliphatic heterocycles. The predicted molar refractivity (Wildman–Crippen MR) is 55.3 cm³/mol. The third-order valence-corrected chi connectivity index (χ3v) is 2.91. The van der Waals surface area contributed by atoms with Crippen molar-refractivity contribution >= 4 is 0 Å². The molecule has 0 atom stereocenters. The van der Waals surface area contributed by atoms with Crippen LogP contribution in [0.5, 0.6) is 5.75 Å². The number of phenols is 1. The molecule has 2 nitrogen and oxygen atoms in total. The molecule has 1 saturated carbocycles. The maximum absolute atomic E-state index is 9.93. The molecule has 1 aliphatic rings. The molecule has 2 N–H and O–H groups in total. The van der Waals surface area contributed by atoms with Gasteiger partial charge in [-0.3, -0.25) is 0 Å². The molecule has 0 amide bonds. The summed E-state index contributed by atoms with van der Waals surface area (Å²) < 4.78 is 0. The fourth-order valence-electron chi connectivity index (χ4n) is 1.67. The van der Waals surface area contributed by atoms with E-state index in [1.807, 2.05) is 12.1 Å². The van der Waals surface area contributed by atoms with Gasteiger partial charge in [0.2, 0.25) is 0 Å². The van der Waals surface area contributed by atoms with Gasteiger partial charge in [-0.2, -0.15) is 0 Å². The SMILES string of the molecule is CC(C)c1ccc(O)c(C2(O)CC2)c1. The molecule has 0 saturated heterocycles. The highest BCUT2D eigenvalue weighted by Gasteiger charge is 2.44. The quantitative estimate of drug-likeness (QED) is 0.755. The molecule has 1 aliphatic carbocycles. The van der Waals surface area contributed by atoms with Crippen LogP contribution in [0.15, 0.2) is 18.2 Å². The summed E-state index contributed by atoms with van der Waals surface area (Å²) in [6.45, 7) is 4.21. The Labute approximate surface area is 84.2 Å². The first-order chi connectivity index (χ1) is 6.53. The lowest BCUT2D eigenvalue weighted by molar-refractivity contribution is 0.147. The molecular weight excluding hydrogens is 176 g/mol. The molecule has 14 heavy (non-hydrogen) atoms. The maximum atomic E-state index is 9.93. The van der Waals surface area contributed by atoms with Gasteiger partial charge in [-0.15, -0.1) is 0 Å². The smallest absolute Gasteiger partial charge is 0.121 e. The Morgan fingerprint density at radius 3 is 2.43 bits per heavy atom. The van der Waals surface area contributed by atoms with Crippen molar-refractivity contribution in [1.29, 1.82) is 0 Å².